The standard InChI is InChI=1S/C9H18O3/c1-12-8-6-4-2-3-5-7-9(10)11/h2-8H2,1H3,(H,10,11). The molecule has 0 atom stereocenters. The highest BCUT2D eigenvalue weighted by Crippen LogP contribution is 2.04. The molecule has 0 aromatic heterocycles. The summed E-state index contributed by atoms with van der Waals surface area (Å²) in [6.07, 6.45) is 5.50. The fourth-order valence-corrected chi connectivity index (χ4v) is 1.05. The van der Waals surface area contributed by atoms with E-state index in [9.17, 15) is 4.79 Å². The van der Waals surface area contributed by atoms with E-state index in [2.05, 4.69) is 0 Å². The highest BCUT2D eigenvalue weighted by molar-refractivity contribution is 5.66. The van der Waals surface area contributed by atoms with Crippen LogP contribution in [-0.4, -0.2) is 24.8 Å². The van der Waals surface area contributed by atoms with Gasteiger partial charge in [0.25, 0.3) is 0 Å². The van der Waals surface area contributed by atoms with E-state index in [1.54, 1.807) is 7.11 Å². The molecule has 0 aromatic carbocycles. The zero-order chi connectivity index (χ0) is 9.23. The van der Waals surface area contributed by atoms with Crippen LogP contribution in [0.4, 0.5) is 0 Å². The zero-order valence-corrected chi connectivity index (χ0v) is 7.71. The van der Waals surface area contributed by atoms with E-state index >= 15 is 0 Å². The summed E-state index contributed by atoms with van der Waals surface area (Å²) in [5.41, 5.74) is 0. The molecule has 3 heteroatoms. The predicted octanol–water partition coefficient (Wildman–Crippen LogP) is 2.06. The molecule has 0 aliphatic heterocycles. The van der Waals surface area contributed by atoms with Crippen LogP contribution in [0, 0.1) is 0 Å². The third kappa shape index (κ3) is 9.43. The smallest absolute Gasteiger partial charge is 0.303 e. The fourth-order valence-electron chi connectivity index (χ4n) is 1.05. The van der Waals surface area contributed by atoms with E-state index in [1.165, 1.54) is 0 Å². The molecular formula is C9H18O3. The number of carboxylic acids is 1. The van der Waals surface area contributed by atoms with Gasteiger partial charge >= 0.3 is 5.97 Å². The van der Waals surface area contributed by atoms with Crippen LogP contribution in [-0.2, 0) is 9.53 Å². The number of unbranched alkanes of at least 4 members (excludes halogenated alkanes) is 4. The summed E-state index contributed by atoms with van der Waals surface area (Å²) >= 11 is 0. The van der Waals surface area contributed by atoms with Crippen molar-refractivity contribution < 1.29 is 14.6 Å². The summed E-state index contributed by atoms with van der Waals surface area (Å²) < 4.78 is 4.89. The van der Waals surface area contributed by atoms with Crippen molar-refractivity contribution in [2.75, 3.05) is 13.7 Å². The summed E-state index contributed by atoms with van der Waals surface area (Å²) in [4.78, 5) is 10.1. The molecule has 0 aromatic rings. The fraction of sp³-hybridized carbons (Fsp3) is 0.889. The van der Waals surface area contributed by atoms with Gasteiger partial charge < -0.3 is 9.84 Å². The van der Waals surface area contributed by atoms with Crippen molar-refractivity contribution in [3.8, 4) is 0 Å². The molecule has 0 saturated heterocycles. The molecule has 0 aliphatic rings. The first-order valence-electron chi connectivity index (χ1n) is 4.48. The molecule has 0 bridgehead atoms. The van der Waals surface area contributed by atoms with Gasteiger partial charge in [0.05, 0.1) is 0 Å². The van der Waals surface area contributed by atoms with Gasteiger partial charge in [-0.25, -0.2) is 0 Å². The quantitative estimate of drug-likeness (QED) is 0.573. The Bertz CT molecular complexity index is 112. The molecule has 12 heavy (non-hydrogen) atoms. The minimum atomic E-state index is -0.688. The van der Waals surface area contributed by atoms with Crippen molar-refractivity contribution in [2.24, 2.45) is 0 Å². The van der Waals surface area contributed by atoms with Gasteiger partial charge in [-0.1, -0.05) is 19.3 Å². The van der Waals surface area contributed by atoms with Gasteiger partial charge in [0, 0.05) is 20.1 Å². The molecule has 0 fully saturated rings. The minimum absolute atomic E-state index is 0.310. The maximum Gasteiger partial charge on any atom is 0.303 e. The predicted molar refractivity (Wildman–Crippen MR) is 47.2 cm³/mol. The van der Waals surface area contributed by atoms with E-state index in [0.717, 1.165) is 38.7 Å². The average molecular weight is 174 g/mol. The monoisotopic (exact) mass is 174 g/mol. The molecule has 0 saturated carbocycles. The third-order valence-electron chi connectivity index (χ3n) is 1.74. The molecule has 0 radical (unpaired) electrons. The van der Waals surface area contributed by atoms with Gasteiger partial charge in [0.15, 0.2) is 0 Å². The van der Waals surface area contributed by atoms with Gasteiger partial charge in [0.1, 0.15) is 0 Å². The number of carboxylic acid groups (broad SMARTS) is 1. The van der Waals surface area contributed by atoms with Crippen LogP contribution in [0.1, 0.15) is 38.5 Å². The molecule has 0 heterocycles. The van der Waals surface area contributed by atoms with Crippen molar-refractivity contribution in [1.29, 1.82) is 0 Å². The van der Waals surface area contributed by atoms with Crippen molar-refractivity contribution in [3.63, 3.8) is 0 Å². The van der Waals surface area contributed by atoms with Crippen molar-refractivity contribution in [1.82, 2.24) is 0 Å². The summed E-state index contributed by atoms with van der Waals surface area (Å²) in [7, 11) is 1.70. The lowest BCUT2D eigenvalue weighted by atomic mass is 10.1. The Hall–Kier alpha value is -0.570. The van der Waals surface area contributed by atoms with Crippen LogP contribution in [0.3, 0.4) is 0 Å². The lowest BCUT2D eigenvalue weighted by Crippen LogP contribution is -1.94. The minimum Gasteiger partial charge on any atom is -0.481 e. The van der Waals surface area contributed by atoms with Crippen LogP contribution in [0.15, 0.2) is 0 Å². The Labute approximate surface area is 73.7 Å². The summed E-state index contributed by atoms with van der Waals surface area (Å²) in [6.45, 7) is 0.818. The molecular weight excluding hydrogens is 156 g/mol. The molecule has 3 nitrogen and oxygen atoms in total. The Morgan fingerprint density at radius 1 is 1.17 bits per heavy atom. The number of ether oxygens (including phenoxy) is 1. The van der Waals surface area contributed by atoms with Gasteiger partial charge in [-0.2, -0.15) is 0 Å². The Morgan fingerprint density at radius 3 is 2.33 bits per heavy atom. The second-order valence-corrected chi connectivity index (χ2v) is 2.90. The maximum absolute atomic E-state index is 10.1. The number of rotatable bonds is 8. The number of hydrogen-bond donors (Lipinski definition) is 1. The van der Waals surface area contributed by atoms with Crippen LogP contribution in [0.25, 0.3) is 0 Å². The van der Waals surface area contributed by atoms with Crippen molar-refractivity contribution in [3.05, 3.63) is 0 Å². The first-order valence-corrected chi connectivity index (χ1v) is 4.48. The molecule has 0 unspecified atom stereocenters. The number of carbonyl (C=O) groups is 1. The van der Waals surface area contributed by atoms with E-state index in [0.29, 0.717) is 6.42 Å². The zero-order valence-electron chi connectivity index (χ0n) is 7.71. The second kappa shape index (κ2) is 8.53. The summed E-state index contributed by atoms with van der Waals surface area (Å²) in [6, 6.07) is 0. The highest BCUT2D eigenvalue weighted by atomic mass is 16.5. The van der Waals surface area contributed by atoms with Gasteiger partial charge in [-0.15, -0.1) is 0 Å². The van der Waals surface area contributed by atoms with Crippen LogP contribution >= 0.6 is 0 Å². The van der Waals surface area contributed by atoms with E-state index in [4.69, 9.17) is 9.84 Å². The van der Waals surface area contributed by atoms with Crippen LogP contribution in [0.2, 0.25) is 0 Å². The number of aliphatic carboxylic acids is 1. The topological polar surface area (TPSA) is 46.5 Å². The highest BCUT2D eigenvalue weighted by Gasteiger charge is 1.95. The summed E-state index contributed by atoms with van der Waals surface area (Å²) in [5.74, 6) is -0.688. The lowest BCUT2D eigenvalue weighted by Gasteiger charge is -1.98. The molecule has 0 amide bonds. The molecule has 0 aliphatic carbocycles. The third-order valence-corrected chi connectivity index (χ3v) is 1.74. The van der Waals surface area contributed by atoms with E-state index in [-0.39, 0.29) is 0 Å². The normalized spacial score (nSPS) is 10.1. The SMILES string of the molecule is COCCCCCCCC(=O)O. The first-order chi connectivity index (χ1) is 5.77. The summed E-state index contributed by atoms with van der Waals surface area (Å²) in [5, 5.41) is 8.33. The van der Waals surface area contributed by atoms with Crippen LogP contribution < -0.4 is 0 Å². The maximum atomic E-state index is 10.1. The van der Waals surface area contributed by atoms with E-state index in [1.807, 2.05) is 0 Å². The van der Waals surface area contributed by atoms with E-state index < -0.39 is 5.97 Å². The van der Waals surface area contributed by atoms with Gasteiger partial charge in [0.2, 0.25) is 0 Å². The molecule has 0 rings (SSSR count). The van der Waals surface area contributed by atoms with Crippen molar-refractivity contribution in [2.45, 2.75) is 38.5 Å². The largest absolute Gasteiger partial charge is 0.481 e. The molecule has 72 valence electrons. The second-order valence-electron chi connectivity index (χ2n) is 2.90. The number of hydrogen-bond acceptors (Lipinski definition) is 2. The molecule has 0 spiro atoms. The average Bonchev–Trinajstić information content (AvgIpc) is 2.02. The Kier molecular flexibility index (Phi) is 8.12. The Balaban J connectivity index is 2.86. The van der Waals surface area contributed by atoms with Gasteiger partial charge in [-0.3, -0.25) is 4.79 Å². The lowest BCUT2D eigenvalue weighted by molar-refractivity contribution is -0.137. The first kappa shape index (κ1) is 11.4. The van der Waals surface area contributed by atoms with Crippen molar-refractivity contribution >= 4 is 5.97 Å². The molecule has 1 N–H and O–H groups in total. The Morgan fingerprint density at radius 2 is 1.75 bits per heavy atom. The number of methoxy groups -OCH3 is 1. The van der Waals surface area contributed by atoms with Gasteiger partial charge in [-0.05, 0) is 12.8 Å². The van der Waals surface area contributed by atoms with Crippen LogP contribution in [0.5, 0.6) is 0 Å².